The van der Waals surface area contributed by atoms with Crippen molar-refractivity contribution in [3.63, 3.8) is 0 Å². The zero-order valence-electron chi connectivity index (χ0n) is 10.3. The maximum Gasteiger partial charge on any atom is 0.131 e. The molecule has 2 nitrogen and oxygen atoms in total. The highest BCUT2D eigenvalue weighted by atomic mass is 16.5. The molecule has 4 rings (SSSR count). The maximum atomic E-state index is 9.56. The largest absolute Gasteiger partial charge is 0.508 e. The minimum Gasteiger partial charge on any atom is -0.508 e. The third kappa shape index (κ3) is 1.57. The van der Waals surface area contributed by atoms with Crippen LogP contribution in [-0.2, 0) is 6.42 Å². The monoisotopic (exact) mass is 248 g/mol. The summed E-state index contributed by atoms with van der Waals surface area (Å²) in [4.78, 5) is 0. The summed E-state index contributed by atoms with van der Waals surface area (Å²) >= 11 is 0. The van der Waals surface area contributed by atoms with Crippen LogP contribution in [-0.4, -0.2) is 5.11 Å². The van der Waals surface area contributed by atoms with E-state index in [1.165, 1.54) is 11.1 Å². The second-order valence-corrected chi connectivity index (χ2v) is 4.83. The number of phenols is 1. The fourth-order valence-corrected chi connectivity index (χ4v) is 2.70. The SMILES string of the molecule is Oc1ccc2c3c(ccc2c1)Oc1ccccc1C3. The summed E-state index contributed by atoms with van der Waals surface area (Å²) in [6, 6.07) is 17.6. The molecule has 1 aliphatic heterocycles. The molecule has 3 aromatic rings. The van der Waals surface area contributed by atoms with Crippen LogP contribution in [0.4, 0.5) is 0 Å². The lowest BCUT2D eigenvalue weighted by molar-refractivity contribution is 0.461. The molecule has 1 heterocycles. The van der Waals surface area contributed by atoms with E-state index in [0.717, 1.165) is 28.7 Å². The van der Waals surface area contributed by atoms with E-state index in [9.17, 15) is 5.11 Å². The molecule has 19 heavy (non-hydrogen) atoms. The van der Waals surface area contributed by atoms with Gasteiger partial charge in [-0.25, -0.2) is 0 Å². The van der Waals surface area contributed by atoms with Crippen molar-refractivity contribution in [2.45, 2.75) is 6.42 Å². The number of aromatic hydroxyl groups is 1. The van der Waals surface area contributed by atoms with E-state index in [4.69, 9.17) is 4.74 Å². The lowest BCUT2D eigenvalue weighted by Crippen LogP contribution is -2.03. The van der Waals surface area contributed by atoms with Crippen LogP contribution >= 0.6 is 0 Å². The van der Waals surface area contributed by atoms with Crippen molar-refractivity contribution in [3.05, 3.63) is 65.7 Å². The van der Waals surface area contributed by atoms with Crippen molar-refractivity contribution in [3.8, 4) is 17.2 Å². The minimum atomic E-state index is 0.296. The average molecular weight is 248 g/mol. The Morgan fingerprint density at radius 1 is 0.895 bits per heavy atom. The van der Waals surface area contributed by atoms with Crippen molar-refractivity contribution >= 4 is 10.8 Å². The van der Waals surface area contributed by atoms with E-state index < -0.39 is 0 Å². The third-order valence-electron chi connectivity index (χ3n) is 3.63. The smallest absolute Gasteiger partial charge is 0.131 e. The maximum absolute atomic E-state index is 9.56. The van der Waals surface area contributed by atoms with Gasteiger partial charge in [-0.1, -0.05) is 30.3 Å². The summed E-state index contributed by atoms with van der Waals surface area (Å²) < 4.78 is 5.95. The molecule has 0 saturated heterocycles. The first kappa shape index (κ1) is 10.4. The van der Waals surface area contributed by atoms with Crippen LogP contribution in [0.2, 0.25) is 0 Å². The van der Waals surface area contributed by atoms with Gasteiger partial charge in [0.2, 0.25) is 0 Å². The molecule has 0 aliphatic carbocycles. The van der Waals surface area contributed by atoms with Gasteiger partial charge in [-0.2, -0.15) is 0 Å². The van der Waals surface area contributed by atoms with E-state index in [-0.39, 0.29) is 0 Å². The summed E-state index contributed by atoms with van der Waals surface area (Å²) in [5, 5.41) is 11.7. The molecule has 0 unspecified atom stereocenters. The van der Waals surface area contributed by atoms with E-state index in [1.54, 1.807) is 12.1 Å². The van der Waals surface area contributed by atoms with Crippen LogP contribution < -0.4 is 4.74 Å². The van der Waals surface area contributed by atoms with Crippen molar-refractivity contribution in [1.82, 2.24) is 0 Å². The van der Waals surface area contributed by atoms with Gasteiger partial charge in [-0.05, 0) is 40.6 Å². The first-order chi connectivity index (χ1) is 9.31. The molecule has 0 atom stereocenters. The Morgan fingerprint density at radius 3 is 2.74 bits per heavy atom. The molecule has 0 saturated carbocycles. The normalized spacial score (nSPS) is 12.6. The van der Waals surface area contributed by atoms with Crippen molar-refractivity contribution in [2.24, 2.45) is 0 Å². The first-order valence-corrected chi connectivity index (χ1v) is 6.32. The predicted molar refractivity (Wildman–Crippen MR) is 74.9 cm³/mol. The second-order valence-electron chi connectivity index (χ2n) is 4.83. The van der Waals surface area contributed by atoms with Crippen LogP contribution in [0.3, 0.4) is 0 Å². The molecule has 2 heteroatoms. The molecular formula is C17H12O2. The first-order valence-electron chi connectivity index (χ1n) is 6.32. The number of ether oxygens (including phenoxy) is 1. The van der Waals surface area contributed by atoms with Gasteiger partial charge >= 0.3 is 0 Å². The predicted octanol–water partition coefficient (Wildman–Crippen LogP) is 4.24. The van der Waals surface area contributed by atoms with Crippen LogP contribution in [0.1, 0.15) is 11.1 Å². The molecule has 1 aliphatic rings. The number of hydrogen-bond donors (Lipinski definition) is 1. The molecule has 3 aromatic carbocycles. The van der Waals surface area contributed by atoms with Gasteiger partial charge in [0.15, 0.2) is 0 Å². The number of phenolic OH excluding ortho intramolecular Hbond substituents is 1. The van der Waals surface area contributed by atoms with Gasteiger partial charge in [-0.3, -0.25) is 0 Å². The van der Waals surface area contributed by atoms with Crippen LogP contribution in [0.25, 0.3) is 10.8 Å². The highest BCUT2D eigenvalue weighted by Crippen LogP contribution is 2.40. The Balaban J connectivity index is 1.96. The quantitative estimate of drug-likeness (QED) is 0.504. The Kier molecular flexibility index (Phi) is 2.06. The highest BCUT2D eigenvalue weighted by Gasteiger charge is 2.18. The number of benzene rings is 3. The average Bonchev–Trinajstić information content (AvgIpc) is 2.44. The summed E-state index contributed by atoms with van der Waals surface area (Å²) in [5.41, 5.74) is 2.40. The number of rotatable bonds is 0. The van der Waals surface area contributed by atoms with Crippen molar-refractivity contribution < 1.29 is 9.84 Å². The molecule has 0 spiro atoms. The standard InChI is InChI=1S/C17H12O2/c18-13-6-7-14-11(9-13)5-8-17-15(14)10-12-3-1-2-4-16(12)19-17/h1-9,18H,10H2. The van der Waals surface area contributed by atoms with Crippen LogP contribution in [0.5, 0.6) is 17.2 Å². The Labute approximate surface area is 110 Å². The van der Waals surface area contributed by atoms with Crippen LogP contribution in [0.15, 0.2) is 54.6 Å². The molecule has 0 fully saturated rings. The van der Waals surface area contributed by atoms with Crippen molar-refractivity contribution in [1.29, 1.82) is 0 Å². The van der Waals surface area contributed by atoms with Crippen molar-refractivity contribution in [2.75, 3.05) is 0 Å². The Hall–Kier alpha value is -2.48. The molecule has 0 aromatic heterocycles. The van der Waals surface area contributed by atoms with Gasteiger partial charge < -0.3 is 9.84 Å². The molecule has 0 bridgehead atoms. The number of fused-ring (bicyclic) bond motifs is 4. The van der Waals surface area contributed by atoms with Crippen LogP contribution in [0, 0.1) is 0 Å². The molecule has 1 N–H and O–H groups in total. The minimum absolute atomic E-state index is 0.296. The van der Waals surface area contributed by atoms with E-state index >= 15 is 0 Å². The summed E-state index contributed by atoms with van der Waals surface area (Å²) in [6.07, 6.45) is 0.869. The second kappa shape index (κ2) is 3.75. The lowest BCUT2D eigenvalue weighted by Gasteiger charge is -2.21. The fourth-order valence-electron chi connectivity index (χ4n) is 2.70. The topological polar surface area (TPSA) is 29.5 Å². The fraction of sp³-hybridized carbons (Fsp3) is 0.0588. The van der Waals surface area contributed by atoms with Gasteiger partial charge in [0.1, 0.15) is 17.2 Å². The van der Waals surface area contributed by atoms with E-state index in [0.29, 0.717) is 5.75 Å². The van der Waals surface area contributed by atoms with E-state index in [2.05, 4.69) is 6.07 Å². The highest BCUT2D eigenvalue weighted by molar-refractivity contribution is 5.89. The zero-order valence-corrected chi connectivity index (χ0v) is 10.3. The van der Waals surface area contributed by atoms with Gasteiger partial charge in [0.25, 0.3) is 0 Å². The van der Waals surface area contributed by atoms with Gasteiger partial charge in [0, 0.05) is 12.0 Å². The number of hydrogen-bond acceptors (Lipinski definition) is 2. The van der Waals surface area contributed by atoms with E-state index in [1.807, 2.05) is 36.4 Å². The molecular weight excluding hydrogens is 236 g/mol. The molecule has 92 valence electrons. The molecule has 0 radical (unpaired) electrons. The summed E-state index contributed by atoms with van der Waals surface area (Å²) in [5.74, 6) is 2.15. The Morgan fingerprint density at radius 2 is 1.79 bits per heavy atom. The third-order valence-corrected chi connectivity index (χ3v) is 3.63. The van der Waals surface area contributed by atoms with Gasteiger partial charge in [0.05, 0.1) is 0 Å². The lowest BCUT2D eigenvalue weighted by atomic mass is 9.95. The molecule has 0 amide bonds. The zero-order chi connectivity index (χ0) is 12.8. The number of para-hydroxylation sites is 1. The summed E-state index contributed by atoms with van der Waals surface area (Å²) in [6.45, 7) is 0. The summed E-state index contributed by atoms with van der Waals surface area (Å²) in [7, 11) is 0. The van der Waals surface area contributed by atoms with Gasteiger partial charge in [-0.15, -0.1) is 0 Å². The Bertz CT molecular complexity index is 790.